The van der Waals surface area contributed by atoms with Crippen molar-refractivity contribution in [2.75, 3.05) is 14.2 Å². The summed E-state index contributed by atoms with van der Waals surface area (Å²) in [6.45, 7) is 2.41. The molecule has 106 valence electrons. The Kier molecular flexibility index (Phi) is 4.90. The first-order valence-electron chi connectivity index (χ1n) is 6.48. The molecule has 0 fully saturated rings. The maximum absolute atomic E-state index is 5.84. The third kappa shape index (κ3) is 3.45. The van der Waals surface area contributed by atoms with Gasteiger partial charge in [0, 0.05) is 30.1 Å². The van der Waals surface area contributed by atoms with E-state index in [0.29, 0.717) is 12.4 Å². The number of nitrogens with zero attached hydrogens (tertiary/aromatic N) is 2. The average Bonchev–Trinajstić information content (AvgIpc) is 2.52. The van der Waals surface area contributed by atoms with Gasteiger partial charge in [0.2, 0.25) is 0 Å². The molecule has 1 heterocycles. The zero-order valence-corrected chi connectivity index (χ0v) is 12.0. The summed E-state index contributed by atoms with van der Waals surface area (Å²) in [7, 11) is 3.56. The molecule has 1 aromatic heterocycles. The van der Waals surface area contributed by atoms with Crippen LogP contribution in [0.25, 0.3) is 0 Å². The molecule has 1 unspecified atom stereocenters. The lowest BCUT2D eigenvalue weighted by atomic mass is 10.1. The summed E-state index contributed by atoms with van der Waals surface area (Å²) in [5, 5.41) is 3.21. The van der Waals surface area contributed by atoms with Gasteiger partial charge in [-0.05, 0) is 26.1 Å². The van der Waals surface area contributed by atoms with Crippen LogP contribution < -0.4 is 14.8 Å². The van der Waals surface area contributed by atoms with Crippen LogP contribution >= 0.6 is 0 Å². The van der Waals surface area contributed by atoms with Crippen LogP contribution in [0.1, 0.15) is 24.4 Å². The van der Waals surface area contributed by atoms with Crippen molar-refractivity contribution in [2.45, 2.75) is 19.6 Å². The summed E-state index contributed by atoms with van der Waals surface area (Å²) in [6, 6.07) is 7.78. The second-order valence-corrected chi connectivity index (χ2v) is 4.37. The highest BCUT2D eigenvalue weighted by molar-refractivity contribution is 5.42. The smallest absolute Gasteiger partial charge is 0.166 e. The third-order valence-electron chi connectivity index (χ3n) is 3.10. The van der Waals surface area contributed by atoms with Gasteiger partial charge in [-0.2, -0.15) is 0 Å². The molecule has 0 aliphatic carbocycles. The lowest BCUT2D eigenvalue weighted by Gasteiger charge is -2.17. The van der Waals surface area contributed by atoms with E-state index in [4.69, 9.17) is 9.47 Å². The highest BCUT2D eigenvalue weighted by atomic mass is 16.5. The van der Waals surface area contributed by atoms with Crippen LogP contribution in [0.2, 0.25) is 0 Å². The van der Waals surface area contributed by atoms with Gasteiger partial charge in [-0.3, -0.25) is 0 Å². The van der Waals surface area contributed by atoms with Crippen molar-refractivity contribution in [1.82, 2.24) is 15.3 Å². The van der Waals surface area contributed by atoms with Crippen LogP contribution in [0.4, 0.5) is 0 Å². The Morgan fingerprint density at radius 1 is 1.25 bits per heavy atom. The molecular weight excluding hydrogens is 254 g/mol. The standard InChI is InChI=1S/C15H19N3O2/c1-11(16-2)13-6-5-12(19-3)9-14(13)20-10-15-17-7-4-8-18-15/h4-9,11,16H,10H2,1-3H3. The second-order valence-electron chi connectivity index (χ2n) is 4.37. The first-order chi connectivity index (χ1) is 9.74. The fraction of sp³-hybridized carbons (Fsp3) is 0.333. The van der Waals surface area contributed by atoms with Crippen LogP contribution in [0.15, 0.2) is 36.7 Å². The molecular formula is C15H19N3O2. The molecule has 5 nitrogen and oxygen atoms in total. The topological polar surface area (TPSA) is 56.3 Å². The average molecular weight is 273 g/mol. The van der Waals surface area contributed by atoms with Gasteiger partial charge in [0.15, 0.2) is 5.82 Å². The van der Waals surface area contributed by atoms with Crippen LogP contribution in [0.5, 0.6) is 11.5 Å². The van der Waals surface area contributed by atoms with Gasteiger partial charge < -0.3 is 14.8 Å². The number of hydrogen-bond acceptors (Lipinski definition) is 5. The SMILES string of the molecule is CNC(C)c1ccc(OC)cc1OCc1ncccn1. The Morgan fingerprint density at radius 3 is 2.65 bits per heavy atom. The van der Waals surface area contributed by atoms with Gasteiger partial charge in [0.05, 0.1) is 7.11 Å². The van der Waals surface area contributed by atoms with Gasteiger partial charge in [-0.1, -0.05) is 6.07 Å². The van der Waals surface area contributed by atoms with E-state index in [1.54, 1.807) is 25.6 Å². The molecule has 0 aliphatic heterocycles. The molecule has 5 heteroatoms. The minimum Gasteiger partial charge on any atom is -0.497 e. The van der Waals surface area contributed by atoms with Crippen LogP contribution in [0, 0.1) is 0 Å². The fourth-order valence-corrected chi connectivity index (χ4v) is 1.83. The Hall–Kier alpha value is -2.14. The normalized spacial score (nSPS) is 11.9. The first-order valence-corrected chi connectivity index (χ1v) is 6.48. The Bertz CT molecular complexity index is 546. The van der Waals surface area contributed by atoms with Crippen molar-refractivity contribution >= 4 is 0 Å². The number of rotatable bonds is 6. The number of benzene rings is 1. The Balaban J connectivity index is 2.19. The van der Waals surface area contributed by atoms with Crippen molar-refractivity contribution in [3.63, 3.8) is 0 Å². The van der Waals surface area contributed by atoms with E-state index < -0.39 is 0 Å². The maximum atomic E-state index is 5.84. The van der Waals surface area contributed by atoms with E-state index >= 15 is 0 Å². The highest BCUT2D eigenvalue weighted by Gasteiger charge is 2.12. The fourth-order valence-electron chi connectivity index (χ4n) is 1.83. The van der Waals surface area contributed by atoms with Crippen molar-refractivity contribution in [2.24, 2.45) is 0 Å². The van der Waals surface area contributed by atoms with E-state index in [-0.39, 0.29) is 6.04 Å². The van der Waals surface area contributed by atoms with E-state index in [2.05, 4.69) is 22.2 Å². The monoisotopic (exact) mass is 273 g/mol. The molecule has 2 aromatic rings. The van der Waals surface area contributed by atoms with E-state index in [1.165, 1.54) is 0 Å². The zero-order chi connectivity index (χ0) is 14.4. The summed E-state index contributed by atoms with van der Waals surface area (Å²) in [5.41, 5.74) is 1.07. The van der Waals surface area contributed by atoms with Gasteiger partial charge in [-0.25, -0.2) is 9.97 Å². The number of aromatic nitrogens is 2. The molecule has 1 N–H and O–H groups in total. The van der Waals surface area contributed by atoms with Crippen LogP contribution in [-0.2, 0) is 6.61 Å². The second kappa shape index (κ2) is 6.86. The molecule has 1 aromatic carbocycles. The molecule has 0 saturated heterocycles. The highest BCUT2D eigenvalue weighted by Crippen LogP contribution is 2.29. The van der Waals surface area contributed by atoms with Crippen LogP contribution in [-0.4, -0.2) is 24.1 Å². The Labute approximate surface area is 119 Å². The first kappa shape index (κ1) is 14.3. The van der Waals surface area contributed by atoms with E-state index in [0.717, 1.165) is 17.1 Å². The summed E-state index contributed by atoms with van der Waals surface area (Å²) < 4.78 is 11.1. The lowest BCUT2D eigenvalue weighted by Crippen LogP contribution is -2.14. The molecule has 0 amide bonds. The molecule has 1 atom stereocenters. The van der Waals surface area contributed by atoms with Gasteiger partial charge in [0.25, 0.3) is 0 Å². The van der Waals surface area contributed by atoms with E-state index in [9.17, 15) is 0 Å². The molecule has 0 bridgehead atoms. The van der Waals surface area contributed by atoms with Gasteiger partial charge in [-0.15, -0.1) is 0 Å². The zero-order valence-electron chi connectivity index (χ0n) is 12.0. The van der Waals surface area contributed by atoms with Crippen molar-refractivity contribution in [1.29, 1.82) is 0 Å². The summed E-state index contributed by atoms with van der Waals surface area (Å²) in [4.78, 5) is 8.30. The number of ether oxygens (including phenoxy) is 2. The van der Waals surface area contributed by atoms with Crippen LogP contribution in [0.3, 0.4) is 0 Å². The number of nitrogens with one attached hydrogen (secondary N) is 1. The Morgan fingerprint density at radius 2 is 2.00 bits per heavy atom. The van der Waals surface area contributed by atoms with Crippen molar-refractivity contribution in [3.8, 4) is 11.5 Å². The maximum Gasteiger partial charge on any atom is 0.166 e. The van der Waals surface area contributed by atoms with Gasteiger partial charge in [0.1, 0.15) is 18.1 Å². The van der Waals surface area contributed by atoms with Gasteiger partial charge >= 0.3 is 0 Å². The summed E-state index contributed by atoms with van der Waals surface area (Å²) >= 11 is 0. The minimum absolute atomic E-state index is 0.188. The lowest BCUT2D eigenvalue weighted by molar-refractivity contribution is 0.288. The van der Waals surface area contributed by atoms with Crippen molar-refractivity contribution in [3.05, 3.63) is 48.0 Å². The molecule has 0 saturated carbocycles. The predicted molar refractivity (Wildman–Crippen MR) is 76.8 cm³/mol. The molecule has 2 rings (SSSR count). The quantitative estimate of drug-likeness (QED) is 0.875. The molecule has 0 radical (unpaired) electrons. The largest absolute Gasteiger partial charge is 0.497 e. The summed E-state index contributed by atoms with van der Waals surface area (Å²) in [5.74, 6) is 2.19. The summed E-state index contributed by atoms with van der Waals surface area (Å²) in [6.07, 6.45) is 3.41. The predicted octanol–water partition coefficient (Wildman–Crippen LogP) is 2.34. The van der Waals surface area contributed by atoms with Crippen molar-refractivity contribution < 1.29 is 9.47 Å². The minimum atomic E-state index is 0.188. The van der Waals surface area contributed by atoms with E-state index in [1.807, 2.05) is 25.2 Å². The molecule has 0 aliphatic rings. The number of methoxy groups -OCH3 is 1. The molecule has 0 spiro atoms. The molecule has 20 heavy (non-hydrogen) atoms. The third-order valence-corrected chi connectivity index (χ3v) is 3.10. The number of hydrogen-bond donors (Lipinski definition) is 1.